The summed E-state index contributed by atoms with van der Waals surface area (Å²) in [5, 5.41) is 4.62. The van der Waals surface area contributed by atoms with Crippen LogP contribution in [0.3, 0.4) is 0 Å². The Morgan fingerprint density at radius 1 is 1.37 bits per heavy atom. The second-order valence-electron chi connectivity index (χ2n) is 5.08. The summed E-state index contributed by atoms with van der Waals surface area (Å²) < 4.78 is 0. The Morgan fingerprint density at radius 2 is 2.11 bits per heavy atom. The Bertz CT molecular complexity index is 410. The number of hydrogen-bond donors (Lipinski definition) is 2. The summed E-state index contributed by atoms with van der Waals surface area (Å²) in [5.74, 6) is -0.276. The van der Waals surface area contributed by atoms with Crippen LogP contribution in [0.2, 0.25) is 0 Å². The minimum atomic E-state index is -0.400. The molecular formula is C13H20N2O3S. The van der Waals surface area contributed by atoms with Crippen LogP contribution in [0.1, 0.15) is 43.3 Å². The second-order valence-corrected chi connectivity index (χ2v) is 6.02. The highest BCUT2D eigenvalue weighted by molar-refractivity contribution is 7.12. The number of amides is 2. The molecule has 106 valence electrons. The van der Waals surface area contributed by atoms with Crippen LogP contribution < -0.4 is 10.8 Å². The van der Waals surface area contributed by atoms with Gasteiger partial charge in [-0.05, 0) is 38.6 Å². The minimum Gasteiger partial charge on any atom is -0.351 e. The van der Waals surface area contributed by atoms with Crippen LogP contribution in [0.25, 0.3) is 0 Å². The lowest BCUT2D eigenvalue weighted by molar-refractivity contribution is -0.145. The van der Waals surface area contributed by atoms with Gasteiger partial charge in [0.1, 0.15) is 0 Å². The van der Waals surface area contributed by atoms with Crippen molar-refractivity contribution in [1.29, 1.82) is 0 Å². The van der Waals surface area contributed by atoms with Crippen molar-refractivity contribution in [3.05, 3.63) is 22.4 Å². The molecule has 2 N–H and O–H groups in total. The van der Waals surface area contributed by atoms with Gasteiger partial charge in [-0.1, -0.05) is 6.07 Å². The van der Waals surface area contributed by atoms with E-state index in [0.29, 0.717) is 24.3 Å². The van der Waals surface area contributed by atoms with E-state index in [9.17, 15) is 9.59 Å². The fourth-order valence-corrected chi connectivity index (χ4v) is 1.85. The average molecular weight is 284 g/mol. The van der Waals surface area contributed by atoms with E-state index < -0.39 is 5.60 Å². The molecule has 0 saturated carbocycles. The van der Waals surface area contributed by atoms with Gasteiger partial charge in [-0.15, -0.1) is 11.3 Å². The maximum absolute atomic E-state index is 11.6. The number of hydroxylamine groups is 1. The first-order valence-electron chi connectivity index (χ1n) is 6.17. The largest absolute Gasteiger partial charge is 0.351 e. The van der Waals surface area contributed by atoms with Gasteiger partial charge in [0.05, 0.1) is 10.5 Å². The van der Waals surface area contributed by atoms with E-state index >= 15 is 0 Å². The van der Waals surface area contributed by atoms with Crippen LogP contribution in [-0.2, 0) is 9.63 Å². The number of thiophene rings is 1. The van der Waals surface area contributed by atoms with Crippen molar-refractivity contribution in [3.8, 4) is 0 Å². The fraction of sp³-hybridized carbons (Fsp3) is 0.538. The Morgan fingerprint density at radius 3 is 2.68 bits per heavy atom. The summed E-state index contributed by atoms with van der Waals surface area (Å²) in [5.41, 5.74) is 1.99. The molecule has 1 aromatic heterocycles. The van der Waals surface area contributed by atoms with Gasteiger partial charge in [-0.2, -0.15) is 0 Å². The van der Waals surface area contributed by atoms with Crippen LogP contribution in [0, 0.1) is 0 Å². The molecular weight excluding hydrogens is 264 g/mol. The van der Waals surface area contributed by atoms with Gasteiger partial charge in [0, 0.05) is 13.0 Å². The summed E-state index contributed by atoms with van der Waals surface area (Å²) >= 11 is 1.39. The monoisotopic (exact) mass is 284 g/mol. The highest BCUT2D eigenvalue weighted by Crippen LogP contribution is 2.07. The summed E-state index contributed by atoms with van der Waals surface area (Å²) in [4.78, 5) is 28.8. The molecule has 0 aliphatic heterocycles. The van der Waals surface area contributed by atoms with Gasteiger partial charge in [-0.25, -0.2) is 5.48 Å². The second kappa shape index (κ2) is 7.25. The Hall–Kier alpha value is -1.40. The minimum absolute atomic E-state index is 0.0960. The first kappa shape index (κ1) is 15.7. The van der Waals surface area contributed by atoms with Gasteiger partial charge >= 0.3 is 0 Å². The summed E-state index contributed by atoms with van der Waals surface area (Å²) in [7, 11) is 0. The Kier molecular flexibility index (Phi) is 5.98. The SMILES string of the molecule is CC(C)(C)ONC(=O)CCCNC(=O)c1cccs1. The van der Waals surface area contributed by atoms with E-state index in [1.807, 2.05) is 32.2 Å². The molecule has 5 nitrogen and oxygen atoms in total. The molecule has 0 radical (unpaired) electrons. The zero-order chi connectivity index (χ0) is 14.3. The number of rotatable bonds is 6. The lowest BCUT2D eigenvalue weighted by Gasteiger charge is -2.18. The molecule has 2 amide bonds. The van der Waals surface area contributed by atoms with Crippen molar-refractivity contribution < 1.29 is 14.4 Å². The highest BCUT2D eigenvalue weighted by atomic mass is 32.1. The molecule has 6 heteroatoms. The predicted octanol–water partition coefficient (Wildman–Crippen LogP) is 2.10. The molecule has 0 spiro atoms. The molecule has 0 bridgehead atoms. The zero-order valence-electron chi connectivity index (χ0n) is 11.5. The molecule has 0 fully saturated rings. The summed E-state index contributed by atoms with van der Waals surface area (Å²) in [6.45, 7) is 6.04. The lowest BCUT2D eigenvalue weighted by Crippen LogP contribution is -2.34. The third kappa shape index (κ3) is 6.93. The maximum Gasteiger partial charge on any atom is 0.261 e. The van der Waals surface area contributed by atoms with Crippen molar-refractivity contribution in [2.75, 3.05) is 6.54 Å². The molecule has 0 aromatic carbocycles. The topological polar surface area (TPSA) is 67.4 Å². The van der Waals surface area contributed by atoms with E-state index in [4.69, 9.17) is 4.84 Å². The molecule has 0 aliphatic rings. The van der Waals surface area contributed by atoms with Gasteiger partial charge < -0.3 is 5.32 Å². The number of carbonyl (C=O) groups excluding carboxylic acids is 2. The molecule has 1 heterocycles. The van der Waals surface area contributed by atoms with Crippen molar-refractivity contribution in [2.24, 2.45) is 0 Å². The van der Waals surface area contributed by atoms with E-state index in [0.717, 1.165) is 0 Å². The molecule has 1 rings (SSSR count). The van der Waals surface area contributed by atoms with Gasteiger partial charge in [0.2, 0.25) is 5.91 Å². The standard InChI is InChI=1S/C13H20N2O3S/c1-13(2,3)18-15-11(16)7-4-8-14-12(17)10-6-5-9-19-10/h5-6,9H,4,7-8H2,1-3H3,(H,14,17)(H,15,16). The first-order valence-corrected chi connectivity index (χ1v) is 7.05. The predicted molar refractivity (Wildman–Crippen MR) is 74.9 cm³/mol. The molecule has 0 aliphatic carbocycles. The average Bonchev–Trinajstić information content (AvgIpc) is 2.84. The molecule has 0 saturated heterocycles. The van der Waals surface area contributed by atoms with Crippen LogP contribution in [0.5, 0.6) is 0 Å². The van der Waals surface area contributed by atoms with E-state index in [1.165, 1.54) is 11.3 Å². The van der Waals surface area contributed by atoms with Gasteiger partial charge in [0.15, 0.2) is 0 Å². The van der Waals surface area contributed by atoms with Crippen molar-refractivity contribution in [1.82, 2.24) is 10.8 Å². The van der Waals surface area contributed by atoms with Crippen LogP contribution in [0.4, 0.5) is 0 Å². The number of carbonyl (C=O) groups is 2. The Labute approximate surface area is 117 Å². The molecule has 1 aromatic rings. The third-order valence-corrected chi connectivity index (χ3v) is 2.95. The Balaban J connectivity index is 2.11. The van der Waals surface area contributed by atoms with Crippen molar-refractivity contribution >= 4 is 23.2 Å². The third-order valence-electron chi connectivity index (χ3n) is 2.08. The van der Waals surface area contributed by atoms with Crippen molar-refractivity contribution in [2.45, 2.75) is 39.2 Å². The number of hydrogen-bond acceptors (Lipinski definition) is 4. The quantitative estimate of drug-likeness (QED) is 0.621. The smallest absolute Gasteiger partial charge is 0.261 e. The summed E-state index contributed by atoms with van der Waals surface area (Å²) in [6, 6.07) is 3.60. The van der Waals surface area contributed by atoms with Crippen LogP contribution >= 0.6 is 11.3 Å². The molecule has 0 unspecified atom stereocenters. The fourth-order valence-electron chi connectivity index (χ4n) is 1.21. The van der Waals surface area contributed by atoms with Gasteiger partial charge in [-0.3, -0.25) is 14.4 Å². The van der Waals surface area contributed by atoms with E-state index in [2.05, 4.69) is 10.8 Å². The highest BCUT2D eigenvalue weighted by Gasteiger charge is 2.12. The lowest BCUT2D eigenvalue weighted by atomic mass is 10.2. The molecule has 19 heavy (non-hydrogen) atoms. The maximum atomic E-state index is 11.6. The van der Waals surface area contributed by atoms with Crippen molar-refractivity contribution in [3.63, 3.8) is 0 Å². The van der Waals surface area contributed by atoms with E-state index in [1.54, 1.807) is 6.07 Å². The first-order chi connectivity index (χ1) is 8.88. The number of nitrogens with one attached hydrogen (secondary N) is 2. The summed E-state index contributed by atoms with van der Waals surface area (Å²) in [6.07, 6.45) is 0.900. The van der Waals surface area contributed by atoms with E-state index in [-0.39, 0.29) is 11.8 Å². The van der Waals surface area contributed by atoms with Gasteiger partial charge in [0.25, 0.3) is 5.91 Å². The van der Waals surface area contributed by atoms with Crippen LogP contribution in [-0.4, -0.2) is 24.0 Å². The normalized spacial score (nSPS) is 11.1. The zero-order valence-corrected chi connectivity index (χ0v) is 12.3. The molecule has 0 atom stereocenters. The van der Waals surface area contributed by atoms with Crippen LogP contribution in [0.15, 0.2) is 17.5 Å².